The smallest absolute Gasteiger partial charge is 0.158 e. The molecule has 4 rings (SSSR count). The number of hydrogen-bond acceptors (Lipinski definition) is 8. The maximum absolute atomic E-state index is 8.83. The molecular weight excluding hydrogens is 382 g/mol. The molecule has 2 heterocycles. The van der Waals surface area contributed by atoms with Gasteiger partial charge in [-0.1, -0.05) is 6.07 Å². The zero-order chi connectivity index (χ0) is 20.9. The van der Waals surface area contributed by atoms with E-state index in [1.807, 2.05) is 30.3 Å². The number of aromatic amines is 1. The molecule has 0 saturated heterocycles. The van der Waals surface area contributed by atoms with Crippen molar-refractivity contribution in [3.8, 4) is 28.8 Å². The second-order valence-corrected chi connectivity index (χ2v) is 7.19. The largest absolute Gasteiger partial charge is 0.496 e. The molecule has 3 aromatic rings. The molecule has 154 valence electrons. The molecule has 0 radical (unpaired) electrons. The highest BCUT2D eigenvalue weighted by molar-refractivity contribution is 5.76. The Kier molecular flexibility index (Phi) is 5.77. The van der Waals surface area contributed by atoms with Gasteiger partial charge in [0.25, 0.3) is 0 Å². The lowest BCUT2D eigenvalue weighted by Crippen LogP contribution is -2.33. The number of H-pyrrole nitrogens is 1. The summed E-state index contributed by atoms with van der Waals surface area (Å²) in [5.41, 5.74) is 7.91. The van der Waals surface area contributed by atoms with Gasteiger partial charge in [0.1, 0.15) is 29.5 Å². The van der Waals surface area contributed by atoms with Crippen molar-refractivity contribution in [3.05, 3.63) is 42.4 Å². The fourth-order valence-corrected chi connectivity index (χ4v) is 3.61. The summed E-state index contributed by atoms with van der Waals surface area (Å²) in [6, 6.07) is 9.68. The number of nitriles is 1. The Morgan fingerprint density at radius 1 is 1.20 bits per heavy atom. The summed E-state index contributed by atoms with van der Waals surface area (Å²) in [5, 5.41) is 19.2. The maximum Gasteiger partial charge on any atom is 0.158 e. The van der Waals surface area contributed by atoms with E-state index in [1.165, 1.54) is 12.4 Å². The fourth-order valence-electron chi connectivity index (χ4n) is 3.61. The van der Waals surface area contributed by atoms with Crippen LogP contribution in [-0.4, -0.2) is 39.4 Å². The summed E-state index contributed by atoms with van der Waals surface area (Å²) in [6.45, 7) is 0. The molecule has 0 amide bonds. The molecule has 0 aliphatic heterocycles. The fraction of sp³-hybridized carbons (Fsp3) is 0.333. The minimum Gasteiger partial charge on any atom is -0.496 e. The highest BCUT2D eigenvalue weighted by atomic mass is 16.5. The zero-order valence-electron chi connectivity index (χ0n) is 16.6. The second-order valence-electron chi connectivity index (χ2n) is 7.19. The Hall–Kier alpha value is -3.64. The van der Waals surface area contributed by atoms with Gasteiger partial charge in [0.2, 0.25) is 0 Å². The molecule has 0 bridgehead atoms. The van der Waals surface area contributed by atoms with Crippen LogP contribution in [0.5, 0.6) is 11.5 Å². The molecule has 9 heteroatoms. The van der Waals surface area contributed by atoms with Crippen molar-refractivity contribution in [2.75, 3.05) is 12.4 Å². The third-order valence-corrected chi connectivity index (χ3v) is 5.04. The molecule has 30 heavy (non-hydrogen) atoms. The van der Waals surface area contributed by atoms with Crippen LogP contribution in [0.15, 0.2) is 36.7 Å². The number of anilines is 2. The minimum absolute atomic E-state index is 0.0778. The quantitative estimate of drug-likeness (QED) is 0.569. The lowest BCUT2D eigenvalue weighted by atomic mass is 9.93. The van der Waals surface area contributed by atoms with Gasteiger partial charge in [-0.15, -0.1) is 0 Å². The zero-order valence-corrected chi connectivity index (χ0v) is 16.6. The molecule has 1 saturated carbocycles. The minimum atomic E-state index is 0.0778. The highest BCUT2D eigenvalue weighted by Crippen LogP contribution is 2.39. The highest BCUT2D eigenvalue weighted by Gasteiger charge is 2.23. The van der Waals surface area contributed by atoms with Crippen LogP contribution in [-0.2, 0) is 0 Å². The molecular formula is C21H23N7O2. The van der Waals surface area contributed by atoms with E-state index in [0.717, 1.165) is 42.7 Å². The van der Waals surface area contributed by atoms with Gasteiger partial charge in [0.15, 0.2) is 11.5 Å². The monoisotopic (exact) mass is 405 g/mol. The number of methoxy groups -OCH3 is 1. The van der Waals surface area contributed by atoms with Gasteiger partial charge in [-0.3, -0.25) is 5.10 Å². The van der Waals surface area contributed by atoms with E-state index in [2.05, 4.69) is 25.5 Å². The summed E-state index contributed by atoms with van der Waals surface area (Å²) < 4.78 is 11.9. The van der Waals surface area contributed by atoms with E-state index in [1.54, 1.807) is 7.11 Å². The van der Waals surface area contributed by atoms with E-state index in [9.17, 15) is 0 Å². The average Bonchev–Trinajstić information content (AvgIpc) is 3.22. The van der Waals surface area contributed by atoms with E-state index >= 15 is 0 Å². The van der Waals surface area contributed by atoms with Crippen molar-refractivity contribution in [1.29, 1.82) is 5.26 Å². The van der Waals surface area contributed by atoms with Crippen molar-refractivity contribution in [1.82, 2.24) is 20.2 Å². The average molecular weight is 405 g/mol. The van der Waals surface area contributed by atoms with Gasteiger partial charge < -0.3 is 20.5 Å². The Balaban J connectivity index is 1.59. The van der Waals surface area contributed by atoms with Crippen LogP contribution in [0.25, 0.3) is 11.3 Å². The number of ether oxygens (including phenoxy) is 2. The molecule has 0 unspecified atom stereocenters. The third-order valence-electron chi connectivity index (χ3n) is 5.04. The topological polar surface area (TPSA) is 135 Å². The second kappa shape index (κ2) is 8.80. The van der Waals surface area contributed by atoms with Crippen LogP contribution in [0.3, 0.4) is 0 Å². The lowest BCUT2D eigenvalue weighted by Gasteiger charge is -2.28. The van der Waals surface area contributed by atoms with Gasteiger partial charge in [-0.2, -0.15) is 10.4 Å². The SMILES string of the molecule is COc1cccc(O[C@@H]2CCC[C@H](N)C2)c1-c1cc(Nc2cnc(C#N)cn2)n[nH]1. The van der Waals surface area contributed by atoms with Gasteiger partial charge in [0.05, 0.1) is 30.8 Å². The first-order chi connectivity index (χ1) is 14.7. The summed E-state index contributed by atoms with van der Waals surface area (Å²) >= 11 is 0. The Bertz CT molecular complexity index is 1040. The van der Waals surface area contributed by atoms with Crippen LogP contribution >= 0.6 is 0 Å². The summed E-state index contributed by atoms with van der Waals surface area (Å²) in [6.07, 6.45) is 6.89. The van der Waals surface area contributed by atoms with Gasteiger partial charge in [-0.25, -0.2) is 9.97 Å². The molecule has 0 spiro atoms. The van der Waals surface area contributed by atoms with E-state index in [0.29, 0.717) is 17.4 Å². The normalized spacial score (nSPS) is 18.4. The molecule has 2 atom stereocenters. The lowest BCUT2D eigenvalue weighted by molar-refractivity contribution is 0.145. The standard InChI is InChI=1S/C21H23N7O2/c1-29-17-6-3-7-18(30-15-5-2-4-13(23)8-15)21(17)16-9-19(28-27-16)26-20-12-24-14(10-22)11-25-20/h3,6-7,9,11-13,15H,2,4-5,8,23H2,1H3,(H2,25,26,27,28)/t13-,15+/m0/s1. The number of nitrogens with one attached hydrogen (secondary N) is 2. The van der Waals surface area contributed by atoms with Crippen molar-refractivity contribution >= 4 is 11.6 Å². The first-order valence-electron chi connectivity index (χ1n) is 9.80. The van der Waals surface area contributed by atoms with Crippen LogP contribution < -0.4 is 20.5 Å². The Morgan fingerprint density at radius 2 is 2.07 bits per heavy atom. The first kappa shape index (κ1) is 19.7. The molecule has 1 aromatic carbocycles. The summed E-state index contributed by atoms with van der Waals surface area (Å²) in [4.78, 5) is 8.15. The van der Waals surface area contributed by atoms with Crippen molar-refractivity contribution in [3.63, 3.8) is 0 Å². The molecule has 4 N–H and O–H groups in total. The summed E-state index contributed by atoms with van der Waals surface area (Å²) in [7, 11) is 1.63. The predicted molar refractivity (Wildman–Crippen MR) is 111 cm³/mol. The van der Waals surface area contributed by atoms with E-state index in [4.69, 9.17) is 20.5 Å². The van der Waals surface area contributed by atoms with Crippen molar-refractivity contribution < 1.29 is 9.47 Å². The third kappa shape index (κ3) is 4.34. The van der Waals surface area contributed by atoms with Gasteiger partial charge in [0, 0.05) is 12.1 Å². The number of benzene rings is 1. The number of rotatable bonds is 6. The summed E-state index contributed by atoms with van der Waals surface area (Å²) in [5.74, 6) is 2.45. The van der Waals surface area contributed by atoms with Crippen LogP contribution in [0.4, 0.5) is 11.6 Å². The van der Waals surface area contributed by atoms with Crippen LogP contribution in [0.1, 0.15) is 31.4 Å². The molecule has 1 fully saturated rings. The van der Waals surface area contributed by atoms with Crippen LogP contribution in [0, 0.1) is 11.3 Å². The Labute approximate surface area is 174 Å². The number of nitrogens with zero attached hydrogens (tertiary/aromatic N) is 4. The van der Waals surface area contributed by atoms with Gasteiger partial charge in [-0.05, 0) is 37.8 Å². The number of aromatic nitrogens is 4. The first-order valence-corrected chi connectivity index (χ1v) is 9.80. The van der Waals surface area contributed by atoms with Crippen LogP contribution in [0.2, 0.25) is 0 Å². The van der Waals surface area contributed by atoms with E-state index < -0.39 is 0 Å². The predicted octanol–water partition coefficient (Wildman–Crippen LogP) is 3.14. The van der Waals surface area contributed by atoms with Crippen molar-refractivity contribution in [2.24, 2.45) is 5.73 Å². The number of hydrogen-bond donors (Lipinski definition) is 3. The Morgan fingerprint density at radius 3 is 2.80 bits per heavy atom. The molecule has 1 aliphatic carbocycles. The molecule has 1 aliphatic rings. The van der Waals surface area contributed by atoms with E-state index in [-0.39, 0.29) is 17.8 Å². The maximum atomic E-state index is 8.83. The molecule has 9 nitrogen and oxygen atoms in total. The van der Waals surface area contributed by atoms with Gasteiger partial charge >= 0.3 is 0 Å². The molecule has 2 aromatic heterocycles. The number of nitrogens with two attached hydrogens (primary N) is 1. The van der Waals surface area contributed by atoms with Crippen molar-refractivity contribution in [2.45, 2.75) is 37.8 Å².